The van der Waals surface area contributed by atoms with E-state index in [-0.39, 0.29) is 17.7 Å². The fraction of sp³-hybridized carbons (Fsp3) is 0.455. The van der Waals surface area contributed by atoms with Crippen LogP contribution >= 0.6 is 0 Å². The highest BCUT2D eigenvalue weighted by Gasteiger charge is 2.18. The minimum Gasteiger partial charge on any atom is -0.423 e. The van der Waals surface area contributed by atoms with Crippen LogP contribution in [0.2, 0.25) is 0 Å². The summed E-state index contributed by atoms with van der Waals surface area (Å²) in [6.07, 6.45) is 0. The molecule has 3 nitrogen and oxygen atoms in total. The van der Waals surface area contributed by atoms with Gasteiger partial charge in [0.1, 0.15) is 5.82 Å². The van der Waals surface area contributed by atoms with E-state index in [1.165, 1.54) is 12.1 Å². The highest BCUT2D eigenvalue weighted by molar-refractivity contribution is 6.59. The molecule has 0 fully saturated rings. The summed E-state index contributed by atoms with van der Waals surface area (Å²) >= 11 is 0. The Hall–Kier alpha value is -0.905. The molecule has 0 unspecified atom stereocenters. The molecular weight excluding hydrogens is 210 g/mol. The van der Waals surface area contributed by atoms with Gasteiger partial charge in [0.05, 0.1) is 12.2 Å². The lowest BCUT2D eigenvalue weighted by atomic mass is 9.77. The van der Waals surface area contributed by atoms with Crippen molar-refractivity contribution in [3.05, 3.63) is 29.6 Å². The Bertz CT molecular complexity index is 361. The summed E-state index contributed by atoms with van der Waals surface area (Å²) in [5, 5.41) is 18.2. The van der Waals surface area contributed by atoms with Gasteiger partial charge in [-0.25, -0.2) is 4.39 Å². The molecule has 0 spiro atoms. The number of halogens is 1. The lowest BCUT2D eigenvalue weighted by Crippen LogP contribution is -2.34. The topological polar surface area (TPSA) is 49.7 Å². The van der Waals surface area contributed by atoms with Crippen molar-refractivity contribution >= 4 is 12.6 Å². The number of ether oxygens (including phenoxy) is 1. The number of benzene rings is 1. The SMILES string of the molecule is CC(C)(C)OCc1ccc(F)cc1B(O)O. The second-order valence-electron chi connectivity index (χ2n) is 4.62. The van der Waals surface area contributed by atoms with Crippen molar-refractivity contribution in [2.45, 2.75) is 33.0 Å². The van der Waals surface area contributed by atoms with Crippen LogP contribution in [0.4, 0.5) is 4.39 Å². The van der Waals surface area contributed by atoms with Crippen LogP contribution in [0.3, 0.4) is 0 Å². The lowest BCUT2D eigenvalue weighted by Gasteiger charge is -2.20. The largest absolute Gasteiger partial charge is 0.488 e. The Morgan fingerprint density at radius 1 is 1.31 bits per heavy atom. The van der Waals surface area contributed by atoms with Crippen molar-refractivity contribution in [3.63, 3.8) is 0 Å². The fourth-order valence-electron chi connectivity index (χ4n) is 1.23. The first-order valence-electron chi connectivity index (χ1n) is 5.08. The van der Waals surface area contributed by atoms with Crippen LogP contribution in [-0.2, 0) is 11.3 Å². The summed E-state index contributed by atoms with van der Waals surface area (Å²) in [6, 6.07) is 3.87. The number of rotatable bonds is 3. The second kappa shape index (κ2) is 4.95. The maximum atomic E-state index is 12.9. The monoisotopic (exact) mass is 226 g/mol. The van der Waals surface area contributed by atoms with Crippen molar-refractivity contribution in [1.82, 2.24) is 0 Å². The van der Waals surface area contributed by atoms with Crippen molar-refractivity contribution < 1.29 is 19.2 Å². The van der Waals surface area contributed by atoms with Gasteiger partial charge in [-0.1, -0.05) is 6.07 Å². The van der Waals surface area contributed by atoms with Gasteiger partial charge in [0, 0.05) is 0 Å². The molecule has 0 atom stereocenters. The summed E-state index contributed by atoms with van der Waals surface area (Å²) < 4.78 is 18.4. The van der Waals surface area contributed by atoms with Crippen molar-refractivity contribution in [3.8, 4) is 0 Å². The highest BCUT2D eigenvalue weighted by atomic mass is 19.1. The molecule has 16 heavy (non-hydrogen) atoms. The molecule has 0 aliphatic rings. The first-order chi connectivity index (χ1) is 7.29. The standard InChI is InChI=1S/C11H16BFO3/c1-11(2,3)16-7-8-4-5-9(13)6-10(8)12(14)15/h4-6,14-15H,7H2,1-3H3. The third kappa shape index (κ3) is 3.92. The van der Waals surface area contributed by atoms with Gasteiger partial charge < -0.3 is 14.8 Å². The Balaban J connectivity index is 2.87. The molecule has 1 aromatic carbocycles. The van der Waals surface area contributed by atoms with Gasteiger partial charge in [-0.2, -0.15) is 0 Å². The zero-order chi connectivity index (χ0) is 12.3. The van der Waals surface area contributed by atoms with E-state index >= 15 is 0 Å². The van der Waals surface area contributed by atoms with Crippen LogP contribution in [0.1, 0.15) is 26.3 Å². The van der Waals surface area contributed by atoms with Gasteiger partial charge in [0.25, 0.3) is 0 Å². The molecule has 1 aromatic rings. The zero-order valence-electron chi connectivity index (χ0n) is 9.70. The molecule has 0 saturated carbocycles. The van der Waals surface area contributed by atoms with Crippen LogP contribution in [0.5, 0.6) is 0 Å². The molecule has 0 radical (unpaired) electrons. The second-order valence-corrected chi connectivity index (χ2v) is 4.62. The van der Waals surface area contributed by atoms with Gasteiger partial charge in [-0.3, -0.25) is 0 Å². The first-order valence-corrected chi connectivity index (χ1v) is 5.08. The van der Waals surface area contributed by atoms with E-state index in [0.29, 0.717) is 5.56 Å². The molecule has 88 valence electrons. The first kappa shape index (κ1) is 13.2. The van der Waals surface area contributed by atoms with Crippen molar-refractivity contribution in [2.24, 2.45) is 0 Å². The predicted molar refractivity (Wildman–Crippen MR) is 60.8 cm³/mol. The van der Waals surface area contributed by atoms with E-state index in [2.05, 4.69) is 0 Å². The molecule has 5 heteroatoms. The maximum absolute atomic E-state index is 12.9. The van der Waals surface area contributed by atoms with Gasteiger partial charge in [-0.05, 0) is 43.9 Å². The minimum absolute atomic E-state index is 0.143. The van der Waals surface area contributed by atoms with Crippen LogP contribution in [-0.4, -0.2) is 22.8 Å². The smallest absolute Gasteiger partial charge is 0.423 e. The molecular formula is C11H16BFO3. The average Bonchev–Trinajstić information content (AvgIpc) is 2.14. The number of hydrogen-bond donors (Lipinski definition) is 2. The molecule has 0 heterocycles. The normalized spacial score (nSPS) is 11.6. The Kier molecular flexibility index (Phi) is 4.07. The summed E-state index contributed by atoms with van der Waals surface area (Å²) in [5.41, 5.74) is 0.391. The molecule has 0 amide bonds. The lowest BCUT2D eigenvalue weighted by molar-refractivity contribution is -0.0147. The third-order valence-corrected chi connectivity index (χ3v) is 2.05. The molecule has 0 aliphatic heterocycles. The van der Waals surface area contributed by atoms with Crippen LogP contribution in [0.25, 0.3) is 0 Å². The molecule has 0 bridgehead atoms. The Labute approximate surface area is 95.0 Å². The fourth-order valence-corrected chi connectivity index (χ4v) is 1.23. The predicted octanol–water partition coefficient (Wildman–Crippen LogP) is 0.821. The van der Waals surface area contributed by atoms with Crippen LogP contribution in [0.15, 0.2) is 18.2 Å². The molecule has 1 rings (SSSR count). The van der Waals surface area contributed by atoms with E-state index in [1.807, 2.05) is 20.8 Å². The zero-order valence-corrected chi connectivity index (χ0v) is 9.70. The highest BCUT2D eigenvalue weighted by Crippen LogP contribution is 2.11. The summed E-state index contributed by atoms with van der Waals surface area (Å²) in [4.78, 5) is 0. The maximum Gasteiger partial charge on any atom is 0.488 e. The minimum atomic E-state index is -1.69. The van der Waals surface area contributed by atoms with Gasteiger partial charge in [-0.15, -0.1) is 0 Å². The Morgan fingerprint density at radius 2 is 1.94 bits per heavy atom. The quantitative estimate of drug-likeness (QED) is 0.750. The van der Waals surface area contributed by atoms with Crippen LogP contribution < -0.4 is 5.46 Å². The van der Waals surface area contributed by atoms with E-state index < -0.39 is 12.9 Å². The average molecular weight is 226 g/mol. The van der Waals surface area contributed by atoms with E-state index in [0.717, 1.165) is 6.07 Å². The summed E-state index contributed by atoms with van der Waals surface area (Å²) in [5.74, 6) is -0.498. The van der Waals surface area contributed by atoms with Crippen molar-refractivity contribution in [2.75, 3.05) is 0 Å². The van der Waals surface area contributed by atoms with E-state index in [9.17, 15) is 4.39 Å². The molecule has 0 saturated heterocycles. The third-order valence-electron chi connectivity index (χ3n) is 2.05. The van der Waals surface area contributed by atoms with E-state index in [1.54, 1.807) is 0 Å². The Morgan fingerprint density at radius 3 is 2.44 bits per heavy atom. The summed E-state index contributed by atoms with van der Waals surface area (Å²) in [6.45, 7) is 5.90. The number of hydrogen-bond acceptors (Lipinski definition) is 3. The van der Waals surface area contributed by atoms with Gasteiger partial charge >= 0.3 is 7.12 Å². The van der Waals surface area contributed by atoms with Crippen LogP contribution in [0, 0.1) is 5.82 Å². The molecule has 0 aliphatic carbocycles. The van der Waals surface area contributed by atoms with Gasteiger partial charge in [0.15, 0.2) is 0 Å². The van der Waals surface area contributed by atoms with Crippen molar-refractivity contribution in [1.29, 1.82) is 0 Å². The molecule has 2 N–H and O–H groups in total. The van der Waals surface area contributed by atoms with E-state index in [4.69, 9.17) is 14.8 Å². The van der Waals surface area contributed by atoms with Gasteiger partial charge in [0.2, 0.25) is 0 Å². The molecule has 0 aromatic heterocycles. The summed E-state index contributed by atoms with van der Waals surface area (Å²) in [7, 11) is -1.69.